The molecular formula is C53H33N3S. The van der Waals surface area contributed by atoms with Crippen LogP contribution in [0.2, 0.25) is 0 Å². The maximum absolute atomic E-state index is 4.98. The summed E-state index contributed by atoms with van der Waals surface area (Å²) in [6.45, 7) is 0. The largest absolute Gasteiger partial charge is 0.208 e. The van der Waals surface area contributed by atoms with Crippen molar-refractivity contribution in [2.45, 2.75) is 0 Å². The predicted octanol–water partition coefficient (Wildman–Crippen LogP) is 14.5. The molecule has 9 aromatic carbocycles. The molecule has 0 saturated heterocycles. The molecule has 0 aliphatic rings. The van der Waals surface area contributed by atoms with E-state index >= 15 is 0 Å². The Morgan fingerprint density at radius 1 is 0.281 bits per heavy atom. The number of hydrogen-bond donors (Lipinski definition) is 0. The SMILES string of the molecule is c1ccc(-c2nc(-c3ccccc3)nc(-c3cccc(-c4cccc(-c5cccc(-c6cccc7sc8c9ccccc9c9ccccc9c8c67)c5)c4)c3)n2)cc1. The highest BCUT2D eigenvalue weighted by atomic mass is 32.1. The number of hydrogen-bond acceptors (Lipinski definition) is 4. The fourth-order valence-electron chi connectivity index (χ4n) is 8.21. The lowest BCUT2D eigenvalue weighted by molar-refractivity contribution is 1.07. The van der Waals surface area contributed by atoms with Crippen molar-refractivity contribution in [3.05, 3.63) is 200 Å². The Kier molecular flexibility index (Phi) is 8.01. The third-order valence-electron chi connectivity index (χ3n) is 10.9. The zero-order valence-corrected chi connectivity index (χ0v) is 31.6. The lowest BCUT2D eigenvalue weighted by atomic mass is 9.92. The minimum atomic E-state index is 0.643. The van der Waals surface area contributed by atoms with E-state index < -0.39 is 0 Å². The second-order valence-corrected chi connectivity index (χ2v) is 15.4. The second-order valence-electron chi connectivity index (χ2n) is 14.4. The van der Waals surface area contributed by atoms with E-state index in [0.29, 0.717) is 17.5 Å². The van der Waals surface area contributed by atoms with Gasteiger partial charge in [0.05, 0.1) is 0 Å². The number of nitrogens with zero attached hydrogens (tertiary/aromatic N) is 3. The number of benzene rings is 9. The van der Waals surface area contributed by atoms with Gasteiger partial charge >= 0.3 is 0 Å². The highest BCUT2D eigenvalue weighted by molar-refractivity contribution is 7.27. The molecule has 0 radical (unpaired) electrons. The average molecular weight is 744 g/mol. The monoisotopic (exact) mass is 743 g/mol. The van der Waals surface area contributed by atoms with Crippen molar-refractivity contribution in [2.24, 2.45) is 0 Å². The molecule has 0 aliphatic heterocycles. The molecule has 0 amide bonds. The van der Waals surface area contributed by atoms with Crippen molar-refractivity contribution < 1.29 is 0 Å². The van der Waals surface area contributed by atoms with Gasteiger partial charge in [-0.15, -0.1) is 11.3 Å². The van der Waals surface area contributed by atoms with E-state index in [1.165, 1.54) is 58.4 Å². The maximum Gasteiger partial charge on any atom is 0.164 e. The minimum Gasteiger partial charge on any atom is -0.208 e. The van der Waals surface area contributed by atoms with Crippen LogP contribution in [-0.2, 0) is 0 Å². The third kappa shape index (κ3) is 5.86. The van der Waals surface area contributed by atoms with Crippen molar-refractivity contribution >= 4 is 53.1 Å². The van der Waals surface area contributed by atoms with Gasteiger partial charge in [0.2, 0.25) is 0 Å². The Bertz CT molecular complexity index is 3240. The quantitative estimate of drug-likeness (QED) is 0.159. The first-order chi connectivity index (χ1) is 28.2. The molecule has 0 unspecified atom stereocenters. The molecule has 11 rings (SSSR count). The van der Waals surface area contributed by atoms with Crippen LogP contribution >= 0.6 is 11.3 Å². The van der Waals surface area contributed by atoms with E-state index in [-0.39, 0.29) is 0 Å². The highest BCUT2D eigenvalue weighted by Gasteiger charge is 2.18. The van der Waals surface area contributed by atoms with Crippen LogP contribution in [0.1, 0.15) is 0 Å². The van der Waals surface area contributed by atoms with Gasteiger partial charge in [-0.1, -0.05) is 176 Å². The molecule has 2 aromatic heterocycles. The summed E-state index contributed by atoms with van der Waals surface area (Å²) in [7, 11) is 0. The fourth-order valence-corrected chi connectivity index (χ4v) is 9.49. The zero-order valence-electron chi connectivity index (χ0n) is 30.8. The standard InChI is InChI=1S/C53H33N3S/c1-3-15-34(16-4-1)51-54-52(35-17-5-2-6-18-35)56-53(55-51)41-24-13-22-39(33-41)37-20-11-19-36(31-37)38-21-12-23-40(32-38)42-29-14-30-47-48(42)49-45-27-9-7-25-43(45)44-26-8-10-28-46(44)50(49)57-47/h1-33H. The van der Waals surface area contributed by atoms with Crippen molar-refractivity contribution in [1.29, 1.82) is 0 Å². The van der Waals surface area contributed by atoms with E-state index in [0.717, 1.165) is 33.4 Å². The minimum absolute atomic E-state index is 0.643. The summed E-state index contributed by atoms with van der Waals surface area (Å²) in [5.41, 5.74) is 9.88. The summed E-state index contributed by atoms with van der Waals surface area (Å²) in [6.07, 6.45) is 0. The van der Waals surface area contributed by atoms with Crippen LogP contribution in [0, 0.1) is 0 Å². The van der Waals surface area contributed by atoms with Crippen LogP contribution in [0.5, 0.6) is 0 Å². The van der Waals surface area contributed by atoms with E-state index in [1.807, 2.05) is 72.0 Å². The van der Waals surface area contributed by atoms with Crippen LogP contribution in [-0.4, -0.2) is 15.0 Å². The fraction of sp³-hybridized carbons (Fsp3) is 0. The Balaban J connectivity index is 0.998. The molecule has 2 heterocycles. The third-order valence-corrected chi connectivity index (χ3v) is 12.1. The van der Waals surface area contributed by atoms with Crippen molar-refractivity contribution in [3.63, 3.8) is 0 Å². The van der Waals surface area contributed by atoms with Crippen molar-refractivity contribution in [2.75, 3.05) is 0 Å². The second kappa shape index (κ2) is 13.8. The van der Waals surface area contributed by atoms with Gasteiger partial charge in [-0.2, -0.15) is 0 Å². The van der Waals surface area contributed by atoms with Crippen LogP contribution in [0.4, 0.5) is 0 Å². The van der Waals surface area contributed by atoms with Crippen LogP contribution in [0.15, 0.2) is 200 Å². The lowest BCUT2D eigenvalue weighted by Crippen LogP contribution is -2.00. The van der Waals surface area contributed by atoms with Gasteiger partial charge in [-0.05, 0) is 73.8 Å². The van der Waals surface area contributed by atoms with Gasteiger partial charge in [-0.3, -0.25) is 0 Å². The summed E-state index contributed by atoms with van der Waals surface area (Å²) in [4.78, 5) is 14.9. The van der Waals surface area contributed by atoms with Crippen LogP contribution in [0.25, 0.3) is 109 Å². The van der Waals surface area contributed by atoms with E-state index in [4.69, 9.17) is 15.0 Å². The molecule has 0 fully saturated rings. The Morgan fingerprint density at radius 3 is 1.28 bits per heavy atom. The lowest BCUT2D eigenvalue weighted by Gasteiger charge is -2.12. The Hall–Kier alpha value is -7.27. The molecule has 0 aliphatic carbocycles. The molecule has 0 N–H and O–H groups in total. The summed E-state index contributed by atoms with van der Waals surface area (Å²) in [6, 6.07) is 71.0. The van der Waals surface area contributed by atoms with Gasteiger partial charge in [0, 0.05) is 42.2 Å². The van der Waals surface area contributed by atoms with E-state index in [2.05, 4.69) is 140 Å². The number of rotatable bonds is 6. The zero-order chi connectivity index (χ0) is 37.7. The molecule has 11 aromatic rings. The Labute approximate surface area is 334 Å². The predicted molar refractivity (Wildman–Crippen MR) is 240 cm³/mol. The topological polar surface area (TPSA) is 38.7 Å². The molecule has 57 heavy (non-hydrogen) atoms. The smallest absolute Gasteiger partial charge is 0.164 e. The summed E-state index contributed by atoms with van der Waals surface area (Å²) >= 11 is 1.90. The Morgan fingerprint density at radius 2 is 0.684 bits per heavy atom. The van der Waals surface area contributed by atoms with Gasteiger partial charge in [-0.25, -0.2) is 15.0 Å². The summed E-state index contributed by atoms with van der Waals surface area (Å²) in [5.74, 6) is 1.95. The van der Waals surface area contributed by atoms with Gasteiger partial charge in [0.25, 0.3) is 0 Å². The molecule has 0 bridgehead atoms. The summed E-state index contributed by atoms with van der Waals surface area (Å²) < 4.78 is 2.66. The highest BCUT2D eigenvalue weighted by Crippen LogP contribution is 2.47. The van der Waals surface area contributed by atoms with Gasteiger partial charge < -0.3 is 0 Å². The first-order valence-electron chi connectivity index (χ1n) is 19.2. The van der Waals surface area contributed by atoms with E-state index in [9.17, 15) is 0 Å². The number of aromatic nitrogens is 3. The normalized spacial score (nSPS) is 11.5. The van der Waals surface area contributed by atoms with Crippen LogP contribution < -0.4 is 0 Å². The molecule has 4 heteroatoms. The van der Waals surface area contributed by atoms with E-state index in [1.54, 1.807) is 0 Å². The van der Waals surface area contributed by atoms with Gasteiger partial charge in [0.15, 0.2) is 17.5 Å². The summed E-state index contributed by atoms with van der Waals surface area (Å²) in [5, 5.41) is 7.90. The first-order valence-corrected chi connectivity index (χ1v) is 20.0. The van der Waals surface area contributed by atoms with Gasteiger partial charge in [0.1, 0.15) is 0 Å². The van der Waals surface area contributed by atoms with Crippen LogP contribution in [0.3, 0.4) is 0 Å². The number of fused-ring (bicyclic) bond motifs is 8. The molecule has 0 atom stereocenters. The number of thiophene rings is 1. The molecular weight excluding hydrogens is 711 g/mol. The molecule has 0 saturated carbocycles. The maximum atomic E-state index is 4.98. The average Bonchev–Trinajstić information content (AvgIpc) is 3.70. The molecule has 3 nitrogen and oxygen atoms in total. The van der Waals surface area contributed by atoms with Crippen molar-refractivity contribution in [3.8, 4) is 67.5 Å². The molecule has 0 spiro atoms. The molecule has 266 valence electrons. The van der Waals surface area contributed by atoms with Crippen molar-refractivity contribution in [1.82, 2.24) is 15.0 Å². The first kappa shape index (κ1) is 33.1.